The average molecular weight is 806 g/mol. The lowest BCUT2D eigenvalue weighted by Gasteiger charge is -2.28. The Kier molecular flexibility index (Phi) is 10.4. The second-order valence-electron chi connectivity index (χ2n) is 11.8. The first kappa shape index (κ1) is 37.2. The summed E-state index contributed by atoms with van der Waals surface area (Å²) in [6.45, 7) is -7.95. The molecule has 4 aromatic rings. The number of ether oxygens (including phenoxy) is 4. The van der Waals surface area contributed by atoms with Crippen LogP contribution in [0.3, 0.4) is 0 Å². The summed E-state index contributed by atoms with van der Waals surface area (Å²) in [6, 6.07) is 0. The van der Waals surface area contributed by atoms with Gasteiger partial charge in [0.1, 0.15) is 60.3 Å². The molecule has 3 fully saturated rings. The van der Waals surface area contributed by atoms with E-state index >= 15 is 0 Å². The number of imidazole rings is 2. The zero-order chi connectivity index (χ0) is 36.9. The first-order valence-corrected chi connectivity index (χ1v) is 20.7. The molecule has 4 aromatic heterocycles. The largest absolute Gasteiger partial charge is 0.509 e. The molecule has 52 heavy (non-hydrogen) atoms. The predicted molar refractivity (Wildman–Crippen MR) is 183 cm³/mol. The number of carbonyl (C=O) groups is 1. The number of hydrogen-bond donors (Lipinski definition) is 6. The third-order valence-corrected chi connectivity index (χ3v) is 11.4. The number of thiol groups is 1. The molecule has 3 saturated heterocycles. The molecule has 7 N–H and O–H groups in total. The monoisotopic (exact) mass is 805 g/mol. The Morgan fingerprint density at radius 3 is 2.23 bits per heavy atom. The molecule has 7 heterocycles. The minimum atomic E-state index is -4.41. The van der Waals surface area contributed by atoms with Crippen molar-refractivity contribution in [3.63, 3.8) is 0 Å². The summed E-state index contributed by atoms with van der Waals surface area (Å²) in [6.07, 6.45) is -7.66. The van der Waals surface area contributed by atoms with Crippen LogP contribution in [0.4, 0.5) is 16.4 Å². The van der Waals surface area contributed by atoms with Crippen LogP contribution in [0.15, 0.2) is 25.3 Å². The quantitative estimate of drug-likeness (QED) is 0.0861. The first-order chi connectivity index (χ1) is 24.7. The van der Waals surface area contributed by atoms with E-state index in [2.05, 4.69) is 47.5 Å². The number of nitrogens with zero attached hydrogens (tertiary/aromatic N) is 8. The Morgan fingerprint density at radius 2 is 1.60 bits per heavy atom. The molecular formula is C25H33N11O12P2S2. The van der Waals surface area contributed by atoms with Gasteiger partial charge in [0.05, 0.1) is 25.9 Å². The van der Waals surface area contributed by atoms with Crippen molar-refractivity contribution in [2.24, 2.45) is 0 Å². The Bertz CT molecular complexity index is 2060. The van der Waals surface area contributed by atoms with Crippen LogP contribution in [0.25, 0.3) is 22.3 Å². The number of aliphatic hydroxyl groups is 1. The van der Waals surface area contributed by atoms with Gasteiger partial charge in [-0.3, -0.25) is 22.7 Å². The van der Waals surface area contributed by atoms with Crippen molar-refractivity contribution >= 4 is 77.7 Å². The van der Waals surface area contributed by atoms with Gasteiger partial charge in [-0.2, -0.15) is 0 Å². The number of nitrogens with one attached hydrogen (secondary N) is 1. The number of aromatic nitrogens is 8. The van der Waals surface area contributed by atoms with Gasteiger partial charge in [0.25, 0.3) is 0 Å². The Hall–Kier alpha value is -3.16. The van der Waals surface area contributed by atoms with Gasteiger partial charge in [0, 0.05) is 6.54 Å². The summed E-state index contributed by atoms with van der Waals surface area (Å²) >= 11 is 9.55. The van der Waals surface area contributed by atoms with Crippen molar-refractivity contribution < 1.29 is 56.4 Å². The number of hydrogen-bond acceptors (Lipinski definition) is 21. The van der Waals surface area contributed by atoms with E-state index in [9.17, 15) is 19.4 Å². The van der Waals surface area contributed by atoms with Crippen LogP contribution in [-0.4, -0.2) is 125 Å². The van der Waals surface area contributed by atoms with Gasteiger partial charge in [-0.15, -0.1) is 0 Å². The van der Waals surface area contributed by atoms with E-state index < -0.39 is 88.1 Å². The summed E-state index contributed by atoms with van der Waals surface area (Å²) in [5, 5.41) is 14.2. The fourth-order valence-electron chi connectivity index (χ4n) is 5.96. The molecule has 3 unspecified atom stereocenters. The summed E-state index contributed by atoms with van der Waals surface area (Å²) in [5.74, 6) is 0.140. The smallest absolute Gasteiger partial charge is 0.430 e. The number of likely N-dealkylation sites (N-methyl/N-ethyl adjacent to an activating group) is 1. The zero-order valence-electron chi connectivity index (χ0n) is 27.1. The van der Waals surface area contributed by atoms with Crippen LogP contribution in [0.1, 0.15) is 19.4 Å². The van der Waals surface area contributed by atoms with Crippen LogP contribution < -0.4 is 16.8 Å². The van der Waals surface area contributed by atoms with Gasteiger partial charge in [0.15, 0.2) is 41.5 Å². The van der Waals surface area contributed by atoms with Gasteiger partial charge in [-0.05, 0) is 25.8 Å². The van der Waals surface area contributed by atoms with Gasteiger partial charge in [-0.1, -0.05) is 12.2 Å². The van der Waals surface area contributed by atoms with E-state index in [-0.39, 0.29) is 34.0 Å². The van der Waals surface area contributed by atoms with Gasteiger partial charge in [-0.25, -0.2) is 39.3 Å². The Balaban J connectivity index is 1.22. The molecule has 0 aliphatic carbocycles. The molecule has 0 spiro atoms. The highest BCUT2D eigenvalue weighted by molar-refractivity contribution is 8.44. The fourth-order valence-corrected chi connectivity index (χ4v) is 8.86. The molecule has 11 atom stereocenters. The number of carbonyl (C=O) groups excluding carboxylic acids is 1. The molecule has 282 valence electrons. The van der Waals surface area contributed by atoms with E-state index in [0.717, 1.165) is 0 Å². The second-order valence-corrected chi connectivity index (χ2v) is 17.4. The summed E-state index contributed by atoms with van der Waals surface area (Å²) < 4.78 is 63.2. The SMILES string of the molecule is CNCC(C)OC(=O)O[C@@H]1[C@@H]2OP(O)(=S)OC[C@H]3O[C@@H](n4cnc5c(N)ncnc54)[C@H](OP(=O)(S)OC[C@H]2O[C@H]1n1cnc2c(N)ncnc21)[C@@H]3O. The van der Waals surface area contributed by atoms with E-state index in [1.165, 1.54) is 34.4 Å². The summed E-state index contributed by atoms with van der Waals surface area (Å²) in [4.78, 5) is 49.2. The second kappa shape index (κ2) is 14.6. The van der Waals surface area contributed by atoms with Crippen LogP contribution >= 0.6 is 25.8 Å². The van der Waals surface area contributed by atoms with Crippen molar-refractivity contribution in [2.75, 3.05) is 38.3 Å². The summed E-state index contributed by atoms with van der Waals surface area (Å²) in [5.41, 5.74) is 12.8. The molecule has 3 aliphatic heterocycles. The maximum absolute atomic E-state index is 13.8. The van der Waals surface area contributed by atoms with Crippen molar-refractivity contribution in [3.05, 3.63) is 25.3 Å². The van der Waals surface area contributed by atoms with Crippen molar-refractivity contribution in [1.82, 2.24) is 44.4 Å². The highest BCUT2D eigenvalue weighted by Crippen LogP contribution is 2.58. The lowest BCUT2D eigenvalue weighted by molar-refractivity contribution is -0.0671. The number of nitrogens with two attached hydrogens (primary N) is 2. The third kappa shape index (κ3) is 7.33. The standard InChI is InChI=1S/C25H33N11O12P2S2/c1-10(3-28-2)43-25(38)46-18-16-12(45-24(18)36-9-34-14-20(27)30-7-32-22(14)36)5-42-50(40,52)48-17-15(37)11(4-41-49(39,51)47-16)44-23(17)35-8-33-13-19(26)29-6-31-21(13)35/h6-12,15-18,23-24,28,37H,3-5H2,1-2H3,(H,39,51)(H,40,52)(H2,26,29,31)(H2,27,30,32)/t10?,11-,12-,15-,16-,17-,18-,23-,24-,49?,50?/m1/s1. The highest BCUT2D eigenvalue weighted by atomic mass is 32.7. The van der Waals surface area contributed by atoms with Crippen LogP contribution in [0, 0.1) is 0 Å². The Labute approximate surface area is 303 Å². The van der Waals surface area contributed by atoms with Crippen molar-refractivity contribution in [1.29, 1.82) is 0 Å². The van der Waals surface area contributed by atoms with E-state index in [1.807, 2.05) is 0 Å². The van der Waals surface area contributed by atoms with E-state index in [1.54, 1.807) is 14.0 Å². The van der Waals surface area contributed by atoms with Crippen LogP contribution in [-0.2, 0) is 53.4 Å². The van der Waals surface area contributed by atoms with Crippen molar-refractivity contribution in [2.45, 2.75) is 62.1 Å². The third-order valence-electron chi connectivity index (χ3n) is 8.26. The normalized spacial score (nSPS) is 34.6. The first-order valence-electron chi connectivity index (χ1n) is 15.4. The number of aliphatic hydroxyl groups excluding tert-OH is 1. The highest BCUT2D eigenvalue weighted by Gasteiger charge is 2.54. The minimum absolute atomic E-state index is 0.0611. The lowest BCUT2D eigenvalue weighted by Crippen LogP contribution is -2.40. The summed E-state index contributed by atoms with van der Waals surface area (Å²) in [7, 11) is 1.67. The molecular weight excluding hydrogens is 772 g/mol. The van der Waals surface area contributed by atoms with Crippen LogP contribution in [0.2, 0.25) is 0 Å². The molecule has 27 heteroatoms. The topological polar surface area (TPSA) is 300 Å². The predicted octanol–water partition coefficient (Wildman–Crippen LogP) is 0.188. The molecule has 0 saturated carbocycles. The fraction of sp³-hybridized carbons (Fsp3) is 0.560. The molecule has 7 rings (SSSR count). The average Bonchev–Trinajstić information content (AvgIpc) is 3.85. The molecule has 2 bridgehead atoms. The van der Waals surface area contributed by atoms with Gasteiger partial charge < -0.3 is 50.3 Å². The molecule has 0 radical (unpaired) electrons. The molecule has 23 nitrogen and oxygen atoms in total. The zero-order valence-corrected chi connectivity index (χ0v) is 30.6. The van der Waals surface area contributed by atoms with Crippen LogP contribution in [0.5, 0.6) is 0 Å². The number of fused-ring (bicyclic) bond motifs is 5. The number of rotatable bonds is 6. The lowest BCUT2D eigenvalue weighted by atomic mass is 10.1. The van der Waals surface area contributed by atoms with Gasteiger partial charge in [0.2, 0.25) is 0 Å². The minimum Gasteiger partial charge on any atom is -0.430 e. The van der Waals surface area contributed by atoms with E-state index in [0.29, 0.717) is 6.54 Å². The van der Waals surface area contributed by atoms with Gasteiger partial charge >= 0.3 is 19.7 Å². The maximum atomic E-state index is 13.8. The maximum Gasteiger partial charge on any atom is 0.509 e. The van der Waals surface area contributed by atoms with Crippen molar-refractivity contribution in [3.8, 4) is 0 Å². The Morgan fingerprint density at radius 1 is 1.00 bits per heavy atom. The number of anilines is 2. The molecule has 3 aliphatic rings. The number of nitrogen functional groups attached to an aromatic ring is 2. The van der Waals surface area contributed by atoms with E-state index in [4.69, 9.17) is 60.3 Å². The molecule has 0 aromatic carbocycles. The molecule has 0 amide bonds.